The van der Waals surface area contributed by atoms with E-state index in [1.807, 2.05) is 12.1 Å². The van der Waals surface area contributed by atoms with Crippen molar-refractivity contribution in [3.05, 3.63) is 59.0 Å². The average Bonchev–Trinajstić information content (AvgIpc) is 2.92. The summed E-state index contributed by atoms with van der Waals surface area (Å²) in [5.74, 6) is 2.46. The lowest BCUT2D eigenvalue weighted by Gasteiger charge is -2.06. The van der Waals surface area contributed by atoms with Gasteiger partial charge in [-0.15, -0.1) is 0 Å². The van der Waals surface area contributed by atoms with E-state index in [-0.39, 0.29) is 5.91 Å². The van der Waals surface area contributed by atoms with Gasteiger partial charge in [-0.3, -0.25) is 4.79 Å². The van der Waals surface area contributed by atoms with Gasteiger partial charge >= 0.3 is 0 Å². The lowest BCUT2D eigenvalue weighted by molar-refractivity contribution is 0.0956. The largest absolute Gasteiger partial charge is 0.468 e. The molecular weight excluding hydrogens is 282 g/mol. The summed E-state index contributed by atoms with van der Waals surface area (Å²) in [6, 6.07) is 10.8. The zero-order chi connectivity index (χ0) is 13.5. The van der Waals surface area contributed by atoms with Crippen LogP contribution in [0.3, 0.4) is 0 Å². The summed E-state index contributed by atoms with van der Waals surface area (Å²) in [7, 11) is 0. The molecule has 1 aromatic heterocycles. The number of rotatable bonds is 6. The second-order valence-corrected chi connectivity index (χ2v) is 5.38. The second kappa shape index (κ2) is 7.26. The summed E-state index contributed by atoms with van der Waals surface area (Å²) < 4.78 is 5.22. The summed E-state index contributed by atoms with van der Waals surface area (Å²) in [5.41, 5.74) is 0.514. The molecule has 0 atom stereocenters. The first-order valence-electron chi connectivity index (χ1n) is 5.90. The maximum absolute atomic E-state index is 11.8. The molecule has 0 radical (unpaired) electrons. The van der Waals surface area contributed by atoms with Crippen molar-refractivity contribution >= 4 is 29.3 Å². The lowest BCUT2D eigenvalue weighted by atomic mass is 10.2. The number of nitrogens with one attached hydrogen (secondary N) is 1. The van der Waals surface area contributed by atoms with Gasteiger partial charge in [-0.2, -0.15) is 11.8 Å². The van der Waals surface area contributed by atoms with Crippen molar-refractivity contribution in [3.63, 3.8) is 0 Å². The summed E-state index contributed by atoms with van der Waals surface area (Å²) >= 11 is 7.66. The van der Waals surface area contributed by atoms with Gasteiger partial charge in [0, 0.05) is 12.3 Å². The number of furan rings is 1. The molecule has 2 rings (SSSR count). The molecule has 1 amide bonds. The molecule has 0 bridgehead atoms. The Morgan fingerprint density at radius 2 is 2.11 bits per heavy atom. The normalized spacial score (nSPS) is 10.4. The maximum atomic E-state index is 11.8. The van der Waals surface area contributed by atoms with Gasteiger partial charge in [0.2, 0.25) is 0 Å². The van der Waals surface area contributed by atoms with Crippen LogP contribution in [0.2, 0.25) is 5.02 Å². The first kappa shape index (κ1) is 14.0. The van der Waals surface area contributed by atoms with Crippen molar-refractivity contribution in [1.82, 2.24) is 5.32 Å². The monoisotopic (exact) mass is 295 g/mol. The van der Waals surface area contributed by atoms with Gasteiger partial charge in [-0.1, -0.05) is 23.7 Å². The summed E-state index contributed by atoms with van der Waals surface area (Å²) in [6.45, 7) is 0.607. The first-order chi connectivity index (χ1) is 9.27. The van der Waals surface area contributed by atoms with Crippen molar-refractivity contribution in [3.8, 4) is 0 Å². The molecule has 0 fully saturated rings. The molecule has 0 aliphatic heterocycles. The number of carbonyl (C=O) groups excluding carboxylic acids is 1. The van der Waals surface area contributed by atoms with Crippen LogP contribution in [0.15, 0.2) is 47.1 Å². The van der Waals surface area contributed by atoms with Crippen LogP contribution >= 0.6 is 23.4 Å². The molecule has 19 heavy (non-hydrogen) atoms. The van der Waals surface area contributed by atoms with Gasteiger partial charge in [0.15, 0.2) is 0 Å². The molecule has 1 aromatic carbocycles. The van der Waals surface area contributed by atoms with E-state index >= 15 is 0 Å². The van der Waals surface area contributed by atoms with Crippen LogP contribution in [-0.2, 0) is 5.75 Å². The topological polar surface area (TPSA) is 42.2 Å². The molecule has 0 unspecified atom stereocenters. The maximum Gasteiger partial charge on any atom is 0.252 e. The predicted octanol–water partition coefficient (Wildman–Crippen LogP) is 3.60. The van der Waals surface area contributed by atoms with Crippen LogP contribution < -0.4 is 5.32 Å². The number of hydrogen-bond acceptors (Lipinski definition) is 3. The number of carbonyl (C=O) groups is 1. The molecule has 0 saturated carbocycles. The van der Waals surface area contributed by atoms with Crippen molar-refractivity contribution < 1.29 is 9.21 Å². The summed E-state index contributed by atoms with van der Waals surface area (Å²) in [4.78, 5) is 11.8. The average molecular weight is 296 g/mol. The molecular formula is C14H14ClNO2S. The fourth-order valence-corrected chi connectivity index (χ4v) is 2.52. The Bertz CT molecular complexity index is 528. The molecule has 100 valence electrons. The first-order valence-corrected chi connectivity index (χ1v) is 7.43. The molecule has 0 aliphatic carbocycles. The molecule has 1 heterocycles. The number of thioether (sulfide) groups is 1. The third kappa shape index (κ3) is 4.33. The van der Waals surface area contributed by atoms with Crippen LogP contribution in [-0.4, -0.2) is 18.2 Å². The number of halogens is 1. The van der Waals surface area contributed by atoms with Crippen molar-refractivity contribution in [2.24, 2.45) is 0 Å². The third-order valence-electron chi connectivity index (χ3n) is 2.47. The Morgan fingerprint density at radius 3 is 2.84 bits per heavy atom. The minimum absolute atomic E-state index is 0.135. The highest BCUT2D eigenvalue weighted by atomic mass is 35.5. The van der Waals surface area contributed by atoms with Crippen LogP contribution in [0.1, 0.15) is 16.1 Å². The van der Waals surface area contributed by atoms with E-state index in [1.165, 1.54) is 0 Å². The van der Waals surface area contributed by atoms with Crippen molar-refractivity contribution in [2.75, 3.05) is 12.3 Å². The second-order valence-electron chi connectivity index (χ2n) is 3.87. The SMILES string of the molecule is O=C(NCCSCc1ccco1)c1ccccc1Cl. The Balaban J connectivity index is 1.68. The van der Waals surface area contributed by atoms with Gasteiger partial charge < -0.3 is 9.73 Å². The Kier molecular flexibility index (Phi) is 5.36. The Hall–Kier alpha value is -1.39. The quantitative estimate of drug-likeness (QED) is 0.828. The van der Waals surface area contributed by atoms with E-state index in [2.05, 4.69) is 5.32 Å². The molecule has 0 aliphatic rings. The van der Waals surface area contributed by atoms with E-state index in [9.17, 15) is 4.79 Å². The van der Waals surface area contributed by atoms with Gasteiger partial charge in [-0.25, -0.2) is 0 Å². The van der Waals surface area contributed by atoms with Gasteiger partial charge in [0.05, 0.1) is 22.6 Å². The minimum atomic E-state index is -0.135. The zero-order valence-corrected chi connectivity index (χ0v) is 11.8. The van der Waals surface area contributed by atoms with Crippen molar-refractivity contribution in [1.29, 1.82) is 0 Å². The smallest absolute Gasteiger partial charge is 0.252 e. The van der Waals surface area contributed by atoms with Gasteiger partial charge in [-0.05, 0) is 24.3 Å². The minimum Gasteiger partial charge on any atom is -0.468 e. The summed E-state index contributed by atoms with van der Waals surface area (Å²) in [5, 5.41) is 3.32. The molecule has 3 nitrogen and oxygen atoms in total. The fraction of sp³-hybridized carbons (Fsp3) is 0.214. The standard InChI is InChI=1S/C14H14ClNO2S/c15-13-6-2-1-5-12(13)14(17)16-7-9-19-10-11-4-3-8-18-11/h1-6,8H,7,9-10H2,(H,16,17). The Labute approximate surface area is 121 Å². The molecule has 5 heteroatoms. The lowest BCUT2D eigenvalue weighted by Crippen LogP contribution is -2.25. The number of hydrogen-bond donors (Lipinski definition) is 1. The Morgan fingerprint density at radius 1 is 1.26 bits per heavy atom. The number of benzene rings is 1. The van der Waals surface area contributed by atoms with Gasteiger partial charge in [0.25, 0.3) is 5.91 Å². The molecule has 0 saturated heterocycles. The summed E-state index contributed by atoms with van der Waals surface area (Å²) in [6.07, 6.45) is 1.66. The third-order valence-corrected chi connectivity index (χ3v) is 3.79. The zero-order valence-electron chi connectivity index (χ0n) is 10.3. The van der Waals surface area contributed by atoms with E-state index in [0.717, 1.165) is 17.3 Å². The number of amides is 1. The molecule has 2 aromatic rings. The molecule has 0 spiro atoms. The van der Waals surface area contributed by atoms with Crippen LogP contribution in [0.5, 0.6) is 0 Å². The van der Waals surface area contributed by atoms with E-state index < -0.39 is 0 Å². The van der Waals surface area contributed by atoms with E-state index in [0.29, 0.717) is 17.1 Å². The highest BCUT2D eigenvalue weighted by Gasteiger charge is 2.08. The van der Waals surface area contributed by atoms with E-state index in [1.54, 1.807) is 42.3 Å². The molecule has 1 N–H and O–H groups in total. The van der Waals surface area contributed by atoms with E-state index in [4.69, 9.17) is 16.0 Å². The predicted molar refractivity (Wildman–Crippen MR) is 78.7 cm³/mol. The van der Waals surface area contributed by atoms with Gasteiger partial charge in [0.1, 0.15) is 5.76 Å². The highest BCUT2D eigenvalue weighted by molar-refractivity contribution is 7.98. The fourth-order valence-electron chi connectivity index (χ4n) is 1.54. The van der Waals surface area contributed by atoms with Crippen LogP contribution in [0, 0.1) is 0 Å². The van der Waals surface area contributed by atoms with Crippen LogP contribution in [0.25, 0.3) is 0 Å². The highest BCUT2D eigenvalue weighted by Crippen LogP contribution is 2.15. The van der Waals surface area contributed by atoms with Crippen LogP contribution in [0.4, 0.5) is 0 Å². The van der Waals surface area contributed by atoms with Crippen molar-refractivity contribution in [2.45, 2.75) is 5.75 Å².